The molecule has 0 saturated heterocycles. The van der Waals surface area contributed by atoms with Crippen molar-refractivity contribution in [2.45, 2.75) is 52.4 Å². The van der Waals surface area contributed by atoms with Crippen LogP contribution in [0.1, 0.15) is 52.7 Å². The van der Waals surface area contributed by atoms with Crippen LogP contribution in [0.4, 0.5) is 34.1 Å². The fraction of sp³-hybridized carbons (Fsp3) is 0.0930. The van der Waals surface area contributed by atoms with Gasteiger partial charge in [0.15, 0.2) is 0 Å². The number of fused-ring (bicyclic) bond motifs is 13. The van der Waals surface area contributed by atoms with Gasteiger partial charge in [-0.05, 0) is 139 Å². The van der Waals surface area contributed by atoms with Crippen molar-refractivity contribution in [1.82, 2.24) is 9.13 Å². The highest BCUT2D eigenvalue weighted by molar-refractivity contribution is 7.00. The molecule has 6 heteroatoms. The monoisotopic (exact) mass is 1180 g/mol. The Kier molecular flexibility index (Phi) is 11.8. The van der Waals surface area contributed by atoms with Crippen LogP contribution in [0.5, 0.6) is 0 Å². The number of furan rings is 1. The highest BCUT2D eigenvalue weighted by Crippen LogP contribution is 2.52. The summed E-state index contributed by atoms with van der Waals surface area (Å²) in [7, 11) is 0. The molecule has 18 rings (SSSR count). The number of hydrogen-bond donors (Lipinski definition) is 0. The summed E-state index contributed by atoms with van der Waals surface area (Å²) in [6, 6.07) is 107. The van der Waals surface area contributed by atoms with E-state index in [-0.39, 0.29) is 17.5 Å². The molecule has 92 heavy (non-hydrogen) atoms. The third-order valence-corrected chi connectivity index (χ3v) is 19.7. The van der Waals surface area contributed by atoms with E-state index in [1.807, 2.05) is 0 Å². The molecule has 0 atom stereocenters. The average molecular weight is 1180 g/mol. The molecule has 0 amide bonds. The molecular formula is C86H65BN4O. The Hall–Kier alpha value is -11.1. The molecule has 0 bridgehead atoms. The zero-order valence-electron chi connectivity index (χ0n) is 52.4. The van der Waals surface area contributed by atoms with Gasteiger partial charge in [-0.3, -0.25) is 0 Å². The molecule has 0 spiro atoms. The number of anilines is 6. The van der Waals surface area contributed by atoms with Crippen molar-refractivity contribution >= 4 is 123 Å². The lowest BCUT2D eigenvalue weighted by atomic mass is 9.33. The average Bonchev–Trinajstić information content (AvgIpc) is 0.922. The van der Waals surface area contributed by atoms with Crippen molar-refractivity contribution in [3.05, 3.63) is 296 Å². The minimum atomic E-state index is -0.232. The van der Waals surface area contributed by atoms with Gasteiger partial charge < -0.3 is 23.4 Å². The lowest BCUT2D eigenvalue weighted by Crippen LogP contribution is -2.61. The molecule has 0 fully saturated rings. The number of para-hydroxylation sites is 6. The number of hydrogen-bond acceptors (Lipinski definition) is 3. The van der Waals surface area contributed by atoms with Gasteiger partial charge in [-0.15, -0.1) is 0 Å². The van der Waals surface area contributed by atoms with E-state index < -0.39 is 0 Å². The summed E-state index contributed by atoms with van der Waals surface area (Å²) < 4.78 is 11.7. The van der Waals surface area contributed by atoms with Gasteiger partial charge in [0, 0.05) is 71.9 Å². The van der Waals surface area contributed by atoms with Gasteiger partial charge in [0.25, 0.3) is 6.71 Å². The zero-order valence-corrected chi connectivity index (χ0v) is 52.4. The SMILES string of the molecule is CC(C)(C)c1cc(C(C)(C)C)c2c(c1)c1ccccc1n2-c1ccc2c(c1)N(c1ccccc1-c1ccccc1)c1cc(-n3c4ccccc4c4ccccc43)cc3c1B2c1cc(-c2cccc4oc5ccccc5c24)ccc1N3c1ccccc1-c1ccccc1. The molecule has 5 nitrogen and oxygen atoms in total. The van der Waals surface area contributed by atoms with E-state index in [0.717, 1.165) is 112 Å². The second-order valence-corrected chi connectivity index (χ2v) is 27.2. The zero-order chi connectivity index (χ0) is 61.7. The molecule has 0 unspecified atom stereocenters. The van der Waals surface area contributed by atoms with Crippen molar-refractivity contribution in [1.29, 1.82) is 0 Å². The maximum Gasteiger partial charge on any atom is 0.252 e. The van der Waals surface area contributed by atoms with Crippen LogP contribution in [-0.4, -0.2) is 15.8 Å². The van der Waals surface area contributed by atoms with Gasteiger partial charge in [0.05, 0.1) is 39.1 Å². The quantitative estimate of drug-likeness (QED) is 0.149. The Balaban J connectivity index is 1.01. The molecule has 438 valence electrons. The van der Waals surface area contributed by atoms with Crippen LogP contribution in [0, 0.1) is 0 Å². The van der Waals surface area contributed by atoms with Crippen LogP contribution in [0.3, 0.4) is 0 Å². The maximum absolute atomic E-state index is 6.63. The van der Waals surface area contributed by atoms with E-state index in [1.54, 1.807) is 0 Å². The standard InChI is InChI=1S/C86H65BN4O/c1-85(2,3)57-49-67-65-34-17-23-41-75(65)89(84(67)68(50-57)86(4,5)6)58-45-46-69-77(51-58)91(72-38-20-14-31-61(72)55-28-11-8-12-29-55)79-53-59(88-73-39-21-15-32-63(73)64-33-16-22-40-74(64)88)52-78-83(79)87(69)70-48-56(62-36-25-43-81-82(62)66-35-18-24-42-80(66)92-81)44-47-76(70)90(78)71-37-19-13-30-60(71)54-26-9-7-10-27-54/h7-53H,1-6H3. The fourth-order valence-corrected chi connectivity index (χ4v) is 15.6. The minimum Gasteiger partial charge on any atom is -0.456 e. The van der Waals surface area contributed by atoms with E-state index >= 15 is 0 Å². The summed E-state index contributed by atoms with van der Waals surface area (Å²) in [5.41, 5.74) is 28.3. The molecule has 3 aromatic heterocycles. The maximum atomic E-state index is 6.63. The van der Waals surface area contributed by atoms with Crippen molar-refractivity contribution in [2.75, 3.05) is 9.80 Å². The van der Waals surface area contributed by atoms with E-state index in [1.165, 1.54) is 60.1 Å². The first-order chi connectivity index (χ1) is 44.9. The van der Waals surface area contributed by atoms with E-state index in [4.69, 9.17) is 4.42 Å². The number of benzene rings is 13. The Bertz CT molecular complexity index is 5640. The van der Waals surface area contributed by atoms with Crippen LogP contribution in [-0.2, 0) is 10.8 Å². The smallest absolute Gasteiger partial charge is 0.252 e. The third kappa shape index (κ3) is 8.12. The molecular weight excluding hydrogens is 1120 g/mol. The second kappa shape index (κ2) is 20.2. The molecule has 0 aliphatic carbocycles. The van der Waals surface area contributed by atoms with Crippen LogP contribution in [0.25, 0.3) is 110 Å². The molecule has 2 aliphatic heterocycles. The largest absolute Gasteiger partial charge is 0.456 e. The van der Waals surface area contributed by atoms with Gasteiger partial charge >= 0.3 is 0 Å². The molecule has 2 aliphatic rings. The third-order valence-electron chi connectivity index (χ3n) is 19.7. The predicted molar refractivity (Wildman–Crippen MR) is 390 cm³/mol. The normalized spacial score (nSPS) is 13.0. The lowest BCUT2D eigenvalue weighted by Gasteiger charge is -2.45. The number of aromatic nitrogens is 2. The highest BCUT2D eigenvalue weighted by Gasteiger charge is 2.45. The van der Waals surface area contributed by atoms with Gasteiger partial charge in [-0.25, -0.2) is 0 Å². The molecule has 16 aromatic rings. The van der Waals surface area contributed by atoms with Gasteiger partial charge in [0.2, 0.25) is 0 Å². The topological polar surface area (TPSA) is 29.5 Å². The first-order valence-electron chi connectivity index (χ1n) is 32.3. The van der Waals surface area contributed by atoms with Gasteiger partial charge in [0.1, 0.15) is 11.2 Å². The minimum absolute atomic E-state index is 0.0611. The van der Waals surface area contributed by atoms with Crippen molar-refractivity contribution in [2.24, 2.45) is 0 Å². The predicted octanol–water partition coefficient (Wildman–Crippen LogP) is 21.5. The summed E-state index contributed by atoms with van der Waals surface area (Å²) >= 11 is 0. The lowest BCUT2D eigenvalue weighted by molar-refractivity contribution is 0.572. The van der Waals surface area contributed by atoms with E-state index in [0.29, 0.717) is 0 Å². The Morgan fingerprint density at radius 3 is 1.45 bits per heavy atom. The molecule has 0 radical (unpaired) electrons. The summed E-state index contributed by atoms with van der Waals surface area (Å²) in [4.78, 5) is 5.24. The summed E-state index contributed by atoms with van der Waals surface area (Å²) in [5, 5.41) is 7.19. The van der Waals surface area contributed by atoms with E-state index in [2.05, 4.69) is 346 Å². The second-order valence-electron chi connectivity index (χ2n) is 27.2. The first kappa shape index (κ1) is 53.9. The molecule has 13 aromatic carbocycles. The van der Waals surface area contributed by atoms with Crippen LogP contribution in [0.2, 0.25) is 0 Å². The van der Waals surface area contributed by atoms with Crippen LogP contribution in [0.15, 0.2) is 290 Å². The number of rotatable bonds is 7. The highest BCUT2D eigenvalue weighted by atomic mass is 16.3. The first-order valence-corrected chi connectivity index (χ1v) is 32.3. The van der Waals surface area contributed by atoms with Crippen LogP contribution < -0.4 is 26.2 Å². The van der Waals surface area contributed by atoms with Crippen LogP contribution >= 0.6 is 0 Å². The van der Waals surface area contributed by atoms with Gasteiger partial charge in [-0.2, -0.15) is 0 Å². The Morgan fingerprint density at radius 2 is 0.826 bits per heavy atom. The summed E-state index contributed by atoms with van der Waals surface area (Å²) in [5.74, 6) is 0. The molecule has 0 saturated carbocycles. The summed E-state index contributed by atoms with van der Waals surface area (Å²) in [6.45, 7) is 13.9. The van der Waals surface area contributed by atoms with Gasteiger partial charge in [-0.1, -0.05) is 248 Å². The Morgan fingerprint density at radius 1 is 0.315 bits per heavy atom. The molecule has 0 N–H and O–H groups in total. The van der Waals surface area contributed by atoms with Crippen molar-refractivity contribution in [3.8, 4) is 44.8 Å². The van der Waals surface area contributed by atoms with Crippen molar-refractivity contribution < 1.29 is 4.42 Å². The number of nitrogens with zero attached hydrogens (tertiary/aromatic N) is 4. The van der Waals surface area contributed by atoms with Crippen molar-refractivity contribution in [3.63, 3.8) is 0 Å². The fourth-order valence-electron chi connectivity index (χ4n) is 15.6. The summed E-state index contributed by atoms with van der Waals surface area (Å²) in [6.07, 6.45) is 0. The van der Waals surface area contributed by atoms with E-state index in [9.17, 15) is 0 Å². The molecule has 5 heterocycles. The Labute approximate surface area is 536 Å².